The van der Waals surface area contributed by atoms with Crippen molar-refractivity contribution in [1.29, 1.82) is 0 Å². The lowest BCUT2D eigenvalue weighted by atomic mass is 9.83. The predicted molar refractivity (Wildman–Crippen MR) is 189 cm³/mol. The van der Waals surface area contributed by atoms with Gasteiger partial charge < -0.3 is 20.8 Å². The van der Waals surface area contributed by atoms with Crippen LogP contribution >= 0.6 is 11.3 Å². The summed E-state index contributed by atoms with van der Waals surface area (Å²) in [4.78, 5) is 58.4. The van der Waals surface area contributed by atoms with Crippen LogP contribution in [-0.4, -0.2) is 75.4 Å². The first-order chi connectivity index (χ1) is 22.7. The van der Waals surface area contributed by atoms with Gasteiger partial charge in [-0.1, -0.05) is 77.3 Å². The highest BCUT2D eigenvalue weighted by Gasteiger charge is 2.34. The van der Waals surface area contributed by atoms with Gasteiger partial charge in [0.25, 0.3) is 5.91 Å². The highest BCUT2D eigenvalue weighted by molar-refractivity contribution is 7.09. The Bertz CT molecular complexity index is 1360. The number of amides is 2. The number of aromatic nitrogens is 1. The third-order valence-electron chi connectivity index (χ3n) is 9.88. The Kier molecular flexibility index (Phi) is 15.2. The molecule has 0 saturated carbocycles. The molecule has 1 saturated heterocycles. The summed E-state index contributed by atoms with van der Waals surface area (Å²) in [5, 5.41) is 28.8. The van der Waals surface area contributed by atoms with Crippen LogP contribution in [0.15, 0.2) is 29.6 Å². The normalized spacial score (nSPS) is 19.1. The number of likely N-dealkylation sites (N-methyl/N-ethyl adjacent to an activating group) is 1. The van der Waals surface area contributed by atoms with Gasteiger partial charge in [0, 0.05) is 36.2 Å². The summed E-state index contributed by atoms with van der Waals surface area (Å²) >= 11 is 1.17. The van der Waals surface area contributed by atoms with Gasteiger partial charge in [-0.2, -0.15) is 0 Å². The first-order valence-corrected chi connectivity index (χ1v) is 18.3. The molecule has 7 atom stereocenters. The summed E-state index contributed by atoms with van der Waals surface area (Å²) in [6.07, 6.45) is 3.82. The van der Waals surface area contributed by atoms with E-state index < -0.39 is 35.9 Å². The number of nitrogens with one attached hydrogen (secondary N) is 2. The highest BCUT2D eigenvalue weighted by atomic mass is 32.1. The molecule has 0 spiro atoms. The van der Waals surface area contributed by atoms with E-state index in [4.69, 9.17) is 0 Å². The monoisotopic (exact) mass is 684 g/mol. The number of rotatable bonds is 18. The van der Waals surface area contributed by atoms with Crippen LogP contribution in [0.3, 0.4) is 0 Å². The quantitative estimate of drug-likeness (QED) is 0.159. The molecule has 266 valence electrons. The lowest BCUT2D eigenvalue weighted by Gasteiger charge is -2.33. The van der Waals surface area contributed by atoms with Crippen molar-refractivity contribution in [2.45, 2.75) is 117 Å². The van der Waals surface area contributed by atoms with E-state index >= 15 is 0 Å². The number of aryl methyl sites for hydroxylation is 1. The number of piperidine rings is 1. The molecule has 48 heavy (non-hydrogen) atoms. The average Bonchev–Trinajstić information content (AvgIpc) is 3.55. The van der Waals surface area contributed by atoms with Crippen molar-refractivity contribution in [2.75, 3.05) is 13.6 Å². The molecular formula is C37H56N4O6S. The Hall–Kier alpha value is -3.15. The minimum atomic E-state index is -1.01. The number of aliphatic hydroxyl groups excluding tert-OH is 1. The van der Waals surface area contributed by atoms with Gasteiger partial charge in [0.2, 0.25) is 5.91 Å². The van der Waals surface area contributed by atoms with Gasteiger partial charge in [0.05, 0.1) is 12.0 Å². The van der Waals surface area contributed by atoms with Gasteiger partial charge in [0.1, 0.15) is 16.8 Å². The molecule has 2 amide bonds. The molecule has 1 unspecified atom stereocenters. The zero-order valence-electron chi connectivity index (χ0n) is 29.7. The summed E-state index contributed by atoms with van der Waals surface area (Å²) < 4.78 is 0. The minimum absolute atomic E-state index is 0.00264. The number of carbonyl (C=O) groups excluding carboxylic acids is 3. The molecule has 0 aliphatic carbocycles. The first-order valence-electron chi connectivity index (χ1n) is 17.5. The molecule has 0 radical (unpaired) electrons. The average molecular weight is 685 g/mol. The number of benzene rings is 1. The van der Waals surface area contributed by atoms with E-state index in [1.165, 1.54) is 11.3 Å². The van der Waals surface area contributed by atoms with E-state index in [0.29, 0.717) is 11.4 Å². The molecule has 4 N–H and O–H groups in total. The summed E-state index contributed by atoms with van der Waals surface area (Å²) in [5.74, 6) is -2.49. The number of hydrogen-bond acceptors (Lipinski definition) is 8. The number of carboxylic acids is 1. The van der Waals surface area contributed by atoms with Gasteiger partial charge in [-0.25, -0.2) is 4.98 Å². The number of carboxylic acid groups (broad SMARTS) is 1. The maximum absolute atomic E-state index is 13.7. The zero-order valence-corrected chi connectivity index (χ0v) is 30.5. The second-order valence-electron chi connectivity index (χ2n) is 14.2. The molecule has 11 heteroatoms. The number of ketones is 1. The SMILES string of the molecule is CC[C@H](C)C(CC(=O)[C@H]1CCCCN1C)C(=O)N[C@H](C[C@@H](O)c1nc(C(=O)N[C@@H](Cc2ccc(C)cc2)C[C@H](C)C(=O)O)cs1)C(C)C. The Morgan fingerprint density at radius 2 is 1.73 bits per heavy atom. The molecule has 1 aliphatic heterocycles. The lowest BCUT2D eigenvalue weighted by Crippen LogP contribution is -2.47. The fraction of sp³-hybridized carbons (Fsp3) is 0.649. The molecule has 2 heterocycles. The van der Waals surface area contributed by atoms with Gasteiger partial charge in [-0.3, -0.25) is 24.1 Å². The summed E-state index contributed by atoms with van der Waals surface area (Å²) in [6, 6.07) is 6.97. The van der Waals surface area contributed by atoms with Gasteiger partial charge in [0.15, 0.2) is 5.78 Å². The smallest absolute Gasteiger partial charge is 0.306 e. The van der Waals surface area contributed by atoms with Gasteiger partial charge in [-0.05, 0) is 63.6 Å². The number of nitrogens with zero attached hydrogens (tertiary/aromatic N) is 2. The van der Waals surface area contributed by atoms with Crippen molar-refractivity contribution < 1.29 is 29.4 Å². The molecule has 10 nitrogen and oxygen atoms in total. The van der Waals surface area contributed by atoms with E-state index in [9.17, 15) is 29.4 Å². The topological polar surface area (TPSA) is 149 Å². The van der Waals surface area contributed by atoms with Crippen LogP contribution in [-0.2, 0) is 20.8 Å². The van der Waals surface area contributed by atoms with Crippen molar-refractivity contribution in [1.82, 2.24) is 20.5 Å². The van der Waals surface area contributed by atoms with Crippen LogP contribution in [0.5, 0.6) is 0 Å². The number of aliphatic carboxylic acids is 1. The molecule has 0 bridgehead atoms. The number of hydrogen-bond donors (Lipinski definition) is 4. The molecule has 1 aromatic carbocycles. The fourth-order valence-corrected chi connectivity index (χ4v) is 7.13. The fourth-order valence-electron chi connectivity index (χ4n) is 6.33. The van der Waals surface area contributed by atoms with Crippen molar-refractivity contribution in [3.8, 4) is 0 Å². The van der Waals surface area contributed by atoms with Crippen molar-refractivity contribution >= 4 is 34.9 Å². The molecular weight excluding hydrogens is 628 g/mol. The number of aliphatic hydroxyl groups is 1. The van der Waals surface area contributed by atoms with Crippen molar-refractivity contribution in [3.63, 3.8) is 0 Å². The van der Waals surface area contributed by atoms with E-state index in [1.807, 2.05) is 65.9 Å². The highest BCUT2D eigenvalue weighted by Crippen LogP contribution is 2.28. The van der Waals surface area contributed by atoms with Gasteiger partial charge in [-0.15, -0.1) is 11.3 Å². The maximum atomic E-state index is 13.7. The van der Waals surface area contributed by atoms with E-state index in [2.05, 4.69) is 20.5 Å². The standard InChI is InChI=1S/C37H56N4O6S/c1-8-24(5)28(19-32(42)31-11-9-10-16-41(31)7)34(44)39-29(22(2)3)20-33(43)36-40-30(21-48-36)35(45)38-27(17-25(6)37(46)47)18-26-14-12-23(4)13-15-26/h12-15,21-22,24-25,27-29,31,33,43H,8-11,16-20H2,1-7H3,(H,38,45)(H,39,44)(H,46,47)/t24-,25-,27+,28?,29+,31+,33+/m0/s1. The Labute approximate surface area is 290 Å². The van der Waals surface area contributed by atoms with Crippen LogP contribution in [0.25, 0.3) is 0 Å². The summed E-state index contributed by atoms with van der Waals surface area (Å²) in [5.41, 5.74) is 2.25. The third kappa shape index (κ3) is 11.5. The van der Waals surface area contributed by atoms with E-state index in [-0.39, 0.29) is 60.6 Å². The number of carbonyl (C=O) groups is 4. The second-order valence-corrected chi connectivity index (χ2v) is 15.1. The Balaban J connectivity index is 1.67. The first kappa shape index (κ1) is 39.3. The molecule has 1 aliphatic rings. The van der Waals surface area contributed by atoms with E-state index in [0.717, 1.165) is 43.4 Å². The third-order valence-corrected chi connectivity index (χ3v) is 10.8. The van der Waals surface area contributed by atoms with E-state index in [1.54, 1.807) is 12.3 Å². The lowest BCUT2D eigenvalue weighted by molar-refractivity contribution is -0.141. The van der Waals surface area contributed by atoms with Crippen LogP contribution in [0.4, 0.5) is 0 Å². The largest absolute Gasteiger partial charge is 0.481 e. The summed E-state index contributed by atoms with van der Waals surface area (Å²) in [6.45, 7) is 12.5. The molecule has 3 rings (SSSR count). The zero-order chi connectivity index (χ0) is 35.5. The molecule has 1 aromatic heterocycles. The molecule has 2 aromatic rings. The number of likely N-dealkylation sites (tertiary alicyclic amines) is 1. The summed E-state index contributed by atoms with van der Waals surface area (Å²) in [7, 11) is 1.98. The second kappa shape index (κ2) is 18.6. The van der Waals surface area contributed by atoms with Crippen molar-refractivity contribution in [3.05, 3.63) is 51.5 Å². The number of Topliss-reactive ketones (excluding diaryl/α,β-unsaturated/α-hetero) is 1. The minimum Gasteiger partial charge on any atom is -0.481 e. The van der Waals surface area contributed by atoms with Crippen LogP contribution in [0.2, 0.25) is 0 Å². The molecule has 1 fully saturated rings. The predicted octanol–water partition coefficient (Wildman–Crippen LogP) is 5.57. The Morgan fingerprint density at radius 3 is 2.33 bits per heavy atom. The van der Waals surface area contributed by atoms with Crippen LogP contribution in [0, 0.1) is 30.6 Å². The number of thiazole rings is 1. The Morgan fingerprint density at radius 1 is 1.04 bits per heavy atom. The maximum Gasteiger partial charge on any atom is 0.306 e. The van der Waals surface area contributed by atoms with Crippen LogP contribution < -0.4 is 10.6 Å². The van der Waals surface area contributed by atoms with Crippen molar-refractivity contribution in [2.24, 2.45) is 23.7 Å². The van der Waals surface area contributed by atoms with Gasteiger partial charge >= 0.3 is 5.97 Å². The van der Waals surface area contributed by atoms with Crippen LogP contribution in [0.1, 0.15) is 112 Å².